The van der Waals surface area contributed by atoms with Crippen LogP contribution in [0.3, 0.4) is 0 Å². The Morgan fingerprint density at radius 2 is 0.643 bits per heavy atom. The van der Waals surface area contributed by atoms with E-state index >= 15 is 0 Å². The number of hydrogen-bond acceptors (Lipinski definition) is 16. The van der Waals surface area contributed by atoms with Crippen LogP contribution in [0.4, 0.5) is 22.7 Å². The molecule has 2 aromatic heterocycles. The molecule has 0 saturated heterocycles. The number of rotatable bonds is 10. The summed E-state index contributed by atoms with van der Waals surface area (Å²) in [7, 11) is 0. The first-order valence-corrected chi connectivity index (χ1v) is 22.5. The van der Waals surface area contributed by atoms with Crippen LogP contribution in [-0.4, -0.2) is 70.2 Å². The van der Waals surface area contributed by atoms with Gasteiger partial charge in [0.05, 0.1) is 11.0 Å². The van der Waals surface area contributed by atoms with E-state index in [1.165, 1.54) is 12.4 Å². The molecular weight excluding hydrogens is 893 g/mol. The van der Waals surface area contributed by atoms with Crippen molar-refractivity contribution in [2.75, 3.05) is 21.3 Å². The predicted molar refractivity (Wildman–Crippen MR) is 254 cm³/mol. The van der Waals surface area contributed by atoms with Crippen molar-refractivity contribution in [2.45, 2.75) is 48.2 Å². The Morgan fingerprint density at radius 1 is 0.371 bits per heavy atom. The summed E-state index contributed by atoms with van der Waals surface area (Å²) in [5.41, 5.74) is 3.06. The number of carbonyl (C=O) groups is 4. The molecule has 2 aliphatic heterocycles. The fraction of sp³-hybridized carbons (Fsp3) is 0.148. The second-order valence-corrected chi connectivity index (χ2v) is 17.0. The van der Waals surface area contributed by atoms with Crippen LogP contribution in [0.15, 0.2) is 170 Å². The third-order valence-corrected chi connectivity index (χ3v) is 12.8. The highest BCUT2D eigenvalue weighted by molar-refractivity contribution is 6.09. The maximum Gasteiger partial charge on any atom is 0.336 e. The van der Waals surface area contributed by atoms with E-state index in [-0.39, 0.29) is 23.0 Å². The molecule has 16 nitrogen and oxygen atoms in total. The third kappa shape index (κ3) is 8.10. The van der Waals surface area contributed by atoms with Crippen molar-refractivity contribution in [3.63, 3.8) is 0 Å². The Morgan fingerprint density at radius 3 is 0.929 bits per heavy atom. The van der Waals surface area contributed by atoms with Crippen molar-refractivity contribution >= 4 is 68.4 Å². The Balaban J connectivity index is 0.915. The molecule has 3 aliphatic rings. The topological polar surface area (TPSA) is 225 Å². The molecule has 4 atom stereocenters. The molecule has 0 amide bonds. The lowest BCUT2D eigenvalue weighted by Gasteiger charge is -2.61. The zero-order valence-corrected chi connectivity index (χ0v) is 36.8. The highest BCUT2D eigenvalue weighted by atomic mass is 16.6. The molecule has 1 aliphatic carbocycles. The highest BCUT2D eigenvalue weighted by Crippen LogP contribution is 2.51. The van der Waals surface area contributed by atoms with E-state index in [0.717, 1.165) is 0 Å². The molecule has 8 aromatic rings. The number of anilines is 4. The molecular formula is C54H40N6O10-2. The van der Waals surface area contributed by atoms with Gasteiger partial charge in [-0.25, -0.2) is 19.2 Å². The highest BCUT2D eigenvalue weighted by Gasteiger charge is 2.45. The number of esters is 4. The molecule has 1 saturated carbocycles. The number of hydrogen-bond donors (Lipinski definition) is 4. The molecule has 348 valence electrons. The van der Waals surface area contributed by atoms with Crippen molar-refractivity contribution in [3.05, 3.63) is 181 Å². The van der Waals surface area contributed by atoms with Gasteiger partial charge in [0, 0.05) is 45.9 Å². The van der Waals surface area contributed by atoms with Gasteiger partial charge in [-0.2, -0.15) is 0 Å². The molecule has 1 fully saturated rings. The fourth-order valence-corrected chi connectivity index (χ4v) is 9.44. The van der Waals surface area contributed by atoms with Crippen LogP contribution in [0.1, 0.15) is 23.0 Å². The lowest BCUT2D eigenvalue weighted by atomic mass is 9.62. The molecule has 16 heteroatoms. The van der Waals surface area contributed by atoms with Crippen molar-refractivity contribution in [2.24, 2.45) is 0 Å². The molecule has 4 N–H and O–H groups in total. The van der Waals surface area contributed by atoms with Gasteiger partial charge in [0.15, 0.2) is 24.2 Å². The molecule has 70 heavy (non-hydrogen) atoms. The lowest BCUT2D eigenvalue weighted by Crippen LogP contribution is -2.63. The van der Waals surface area contributed by atoms with E-state index < -0.39 is 72.1 Å². The summed E-state index contributed by atoms with van der Waals surface area (Å²) in [6.45, 7) is 0. The molecule has 4 unspecified atom stereocenters. The minimum absolute atomic E-state index is 0.269. The van der Waals surface area contributed by atoms with Gasteiger partial charge >= 0.3 is 23.9 Å². The standard InChI is InChI=1S/C54H40N6O10/c61-49-39(33-21-23-35-41-37(25-27-55-43(33)41)59-47(53(65)69-31-17-9-3-10-18-31)45(57-35)51(63)67-29-13-5-1-6-14-29)50(62)40(49)34-22-24-36-42-38(26-28-56-44(34)42)60-48(54(66)70-32-19-11-4-12-20-32)46(58-36)52(64)68-30-15-7-2-8-16-30/h1-28,39-40,45-50,57-60H/q-2. The van der Waals surface area contributed by atoms with Crippen LogP contribution < -0.4 is 50.4 Å². The van der Waals surface area contributed by atoms with Gasteiger partial charge in [0.25, 0.3) is 0 Å². The minimum atomic E-state index is -1.47. The smallest absolute Gasteiger partial charge is 0.336 e. The third-order valence-electron chi connectivity index (χ3n) is 12.8. The number of carbonyl (C=O) groups excluding carboxylic acids is 4. The Hall–Kier alpha value is -8.86. The van der Waals surface area contributed by atoms with Crippen LogP contribution in [-0.2, 0) is 19.2 Å². The fourth-order valence-electron chi connectivity index (χ4n) is 9.44. The van der Waals surface area contributed by atoms with E-state index in [2.05, 4.69) is 31.2 Å². The summed E-state index contributed by atoms with van der Waals surface area (Å²) in [4.78, 5) is 65.2. The largest absolute Gasteiger partial charge is 0.851 e. The van der Waals surface area contributed by atoms with E-state index in [1.54, 1.807) is 158 Å². The summed E-state index contributed by atoms with van der Waals surface area (Å²) < 4.78 is 23.0. The van der Waals surface area contributed by atoms with Crippen LogP contribution in [0.2, 0.25) is 0 Å². The first-order chi connectivity index (χ1) is 34.2. The van der Waals surface area contributed by atoms with E-state index in [1.807, 2.05) is 0 Å². The second-order valence-electron chi connectivity index (χ2n) is 17.0. The maximum absolute atomic E-state index is 14.7. The predicted octanol–water partition coefficient (Wildman–Crippen LogP) is 5.69. The van der Waals surface area contributed by atoms with Gasteiger partial charge in [-0.3, -0.25) is 9.97 Å². The Labute approximate surface area is 399 Å². The number of pyridine rings is 2. The first-order valence-electron chi connectivity index (χ1n) is 22.5. The van der Waals surface area contributed by atoms with Crippen LogP contribution >= 0.6 is 0 Å². The average Bonchev–Trinajstić information content (AvgIpc) is 3.67. The summed E-state index contributed by atoms with van der Waals surface area (Å²) in [6.07, 6.45) is 0.0628. The average molecular weight is 933 g/mol. The molecule has 0 spiro atoms. The molecule has 4 heterocycles. The maximum atomic E-state index is 14.7. The SMILES string of the molecule is O=C(Oc1ccccc1)C1Nc2ccnc3c(C4C([O-])C(c5ccc6c7c(ccnc57)NC(C(=O)Oc5ccccc5)C(C(=O)Oc5ccccc5)N6)C4[O-])ccc(c23)NC1C(=O)Oc1ccccc1. The Kier molecular flexibility index (Phi) is 11.4. The van der Waals surface area contributed by atoms with Gasteiger partial charge in [0.1, 0.15) is 23.0 Å². The number of nitrogens with one attached hydrogen (secondary N) is 4. The Bertz CT molecular complexity index is 2930. The number of aromatic nitrogens is 2. The normalized spacial score (nSPS) is 22.0. The van der Waals surface area contributed by atoms with Gasteiger partial charge in [-0.15, -0.1) is 12.2 Å². The number of nitrogens with zero attached hydrogens (tertiary/aromatic N) is 2. The van der Waals surface area contributed by atoms with Gasteiger partial charge in [-0.1, -0.05) is 84.9 Å². The van der Waals surface area contributed by atoms with E-state index in [9.17, 15) is 29.4 Å². The van der Waals surface area contributed by atoms with E-state index in [4.69, 9.17) is 18.9 Å². The number of ether oxygens (including phenoxy) is 4. The number of para-hydroxylation sites is 4. The van der Waals surface area contributed by atoms with E-state index in [0.29, 0.717) is 55.7 Å². The first kappa shape index (κ1) is 43.7. The lowest BCUT2D eigenvalue weighted by molar-refractivity contribution is -0.535. The zero-order chi connectivity index (χ0) is 47.9. The molecule has 0 bridgehead atoms. The molecule has 6 aromatic carbocycles. The molecule has 0 radical (unpaired) electrons. The summed E-state index contributed by atoms with van der Waals surface area (Å²) >= 11 is 0. The van der Waals surface area contributed by atoms with Crippen molar-refractivity contribution < 1.29 is 48.3 Å². The summed E-state index contributed by atoms with van der Waals surface area (Å²) in [6, 6.07) is 38.4. The monoisotopic (exact) mass is 932 g/mol. The van der Waals surface area contributed by atoms with Crippen molar-refractivity contribution in [3.8, 4) is 23.0 Å². The molecule has 11 rings (SSSR count). The van der Waals surface area contributed by atoms with Crippen molar-refractivity contribution in [1.29, 1.82) is 0 Å². The minimum Gasteiger partial charge on any atom is -0.851 e. The second kappa shape index (κ2) is 18.3. The summed E-state index contributed by atoms with van der Waals surface area (Å²) in [5.74, 6) is -4.14. The number of benzene rings is 6. The van der Waals surface area contributed by atoms with Crippen LogP contribution in [0, 0.1) is 0 Å². The van der Waals surface area contributed by atoms with Crippen LogP contribution in [0.5, 0.6) is 23.0 Å². The van der Waals surface area contributed by atoms with Crippen LogP contribution in [0.25, 0.3) is 21.8 Å². The van der Waals surface area contributed by atoms with Gasteiger partial charge in [-0.05, 0) is 95.8 Å². The van der Waals surface area contributed by atoms with Gasteiger partial charge < -0.3 is 50.4 Å². The zero-order valence-electron chi connectivity index (χ0n) is 36.8. The van der Waals surface area contributed by atoms with Crippen molar-refractivity contribution in [1.82, 2.24) is 9.97 Å². The quantitative estimate of drug-likeness (QED) is 0.0954. The van der Waals surface area contributed by atoms with Gasteiger partial charge in [0.2, 0.25) is 0 Å². The summed E-state index contributed by atoms with van der Waals surface area (Å²) in [5, 5.41) is 43.1.